The number of aromatic nitrogens is 1. The molecule has 4 nitrogen and oxygen atoms in total. The molecule has 1 N–H and O–H groups in total. The smallest absolute Gasteiger partial charge is 0.149 e. The van der Waals surface area contributed by atoms with Crippen molar-refractivity contribution in [2.75, 3.05) is 26.6 Å². The number of aryl methyl sites for hydroxylation is 1. The second-order valence-electron chi connectivity index (χ2n) is 3.88. The van der Waals surface area contributed by atoms with Gasteiger partial charge in [0.05, 0.1) is 24.6 Å². The molecule has 1 aromatic carbocycles. The topological polar surface area (TPSA) is 43.4 Å². The van der Waals surface area contributed by atoms with E-state index >= 15 is 0 Å². The van der Waals surface area contributed by atoms with Gasteiger partial charge in [-0.2, -0.15) is 0 Å². The number of rotatable bonds is 3. The summed E-state index contributed by atoms with van der Waals surface area (Å²) in [6, 6.07) is 3.66. The Bertz CT molecular complexity index is 599. The summed E-state index contributed by atoms with van der Waals surface area (Å²) in [7, 11) is 5.04. The second-order valence-corrected chi connectivity index (χ2v) is 4.29. The highest BCUT2D eigenvalue weighted by Gasteiger charge is 2.17. The summed E-state index contributed by atoms with van der Waals surface area (Å²) >= 11 is 6.20. The highest BCUT2D eigenvalue weighted by atomic mass is 35.5. The first-order valence-electron chi connectivity index (χ1n) is 5.52. The Kier molecular flexibility index (Phi) is 3.48. The fourth-order valence-corrected chi connectivity index (χ4v) is 2.27. The van der Waals surface area contributed by atoms with Crippen molar-refractivity contribution in [3.05, 3.63) is 22.8 Å². The maximum absolute atomic E-state index is 6.20. The number of ether oxygens (including phenoxy) is 2. The molecule has 0 saturated heterocycles. The van der Waals surface area contributed by atoms with Gasteiger partial charge in [0.2, 0.25) is 0 Å². The molecule has 0 fully saturated rings. The second kappa shape index (κ2) is 4.90. The Labute approximate surface area is 111 Å². The molecule has 2 rings (SSSR count). The summed E-state index contributed by atoms with van der Waals surface area (Å²) in [5.41, 5.74) is 2.55. The van der Waals surface area contributed by atoms with E-state index in [-0.39, 0.29) is 0 Å². The van der Waals surface area contributed by atoms with E-state index in [1.165, 1.54) is 0 Å². The number of nitrogens with one attached hydrogen (secondary N) is 1. The van der Waals surface area contributed by atoms with Gasteiger partial charge in [0, 0.05) is 24.5 Å². The van der Waals surface area contributed by atoms with Crippen LogP contribution in [0.25, 0.3) is 10.9 Å². The molecule has 2 aromatic rings. The third-order valence-corrected chi connectivity index (χ3v) is 3.06. The van der Waals surface area contributed by atoms with Crippen LogP contribution in [0, 0.1) is 6.92 Å². The van der Waals surface area contributed by atoms with Crippen LogP contribution in [0.5, 0.6) is 11.5 Å². The first-order chi connectivity index (χ1) is 8.62. The van der Waals surface area contributed by atoms with Crippen molar-refractivity contribution in [2.45, 2.75) is 6.92 Å². The Balaban J connectivity index is 2.96. The average Bonchev–Trinajstić information content (AvgIpc) is 2.37. The molecule has 0 radical (unpaired) electrons. The molecular weight excluding hydrogens is 252 g/mol. The molecule has 0 bridgehead atoms. The van der Waals surface area contributed by atoms with Crippen molar-refractivity contribution >= 4 is 28.2 Å². The summed E-state index contributed by atoms with van der Waals surface area (Å²) in [6.45, 7) is 1.93. The molecule has 0 aliphatic carbocycles. The van der Waals surface area contributed by atoms with Crippen LogP contribution in [-0.4, -0.2) is 26.3 Å². The highest BCUT2D eigenvalue weighted by molar-refractivity contribution is 6.34. The standard InChI is InChI=1S/C13H15ClN2O2/c1-7-5-9(15-2)11-12(16-7)10(17-3)6-8(14)13(11)18-4/h5-6H,1-4H3,(H,15,16). The lowest BCUT2D eigenvalue weighted by molar-refractivity contribution is 0.410. The molecule has 18 heavy (non-hydrogen) atoms. The third-order valence-electron chi connectivity index (χ3n) is 2.78. The van der Waals surface area contributed by atoms with Gasteiger partial charge < -0.3 is 14.8 Å². The monoisotopic (exact) mass is 266 g/mol. The number of nitrogens with zero attached hydrogens (tertiary/aromatic N) is 1. The molecule has 1 aromatic heterocycles. The first-order valence-corrected chi connectivity index (χ1v) is 5.89. The number of anilines is 1. The van der Waals surface area contributed by atoms with Crippen molar-refractivity contribution in [3.8, 4) is 11.5 Å². The number of fused-ring (bicyclic) bond motifs is 1. The maximum atomic E-state index is 6.20. The molecule has 96 valence electrons. The number of hydrogen-bond donors (Lipinski definition) is 1. The summed E-state index contributed by atoms with van der Waals surface area (Å²) in [5, 5.41) is 4.46. The molecule has 0 saturated carbocycles. The van der Waals surface area contributed by atoms with Crippen molar-refractivity contribution in [2.24, 2.45) is 0 Å². The molecule has 0 aliphatic heterocycles. The number of pyridine rings is 1. The predicted octanol–water partition coefficient (Wildman–Crippen LogP) is 3.26. The quantitative estimate of drug-likeness (QED) is 0.926. The Morgan fingerprint density at radius 3 is 2.50 bits per heavy atom. The summed E-state index contributed by atoms with van der Waals surface area (Å²) < 4.78 is 10.7. The van der Waals surface area contributed by atoms with Gasteiger partial charge in [0.1, 0.15) is 17.0 Å². The lowest BCUT2D eigenvalue weighted by Gasteiger charge is -2.15. The van der Waals surface area contributed by atoms with E-state index in [0.717, 1.165) is 22.3 Å². The van der Waals surface area contributed by atoms with Crippen LogP contribution in [0.2, 0.25) is 5.02 Å². The minimum absolute atomic E-state index is 0.504. The van der Waals surface area contributed by atoms with Gasteiger partial charge in [-0.05, 0) is 13.0 Å². The molecule has 0 unspecified atom stereocenters. The Morgan fingerprint density at radius 2 is 1.94 bits per heavy atom. The predicted molar refractivity (Wildman–Crippen MR) is 74.1 cm³/mol. The molecule has 0 spiro atoms. The maximum Gasteiger partial charge on any atom is 0.149 e. The molecule has 0 atom stereocenters. The van der Waals surface area contributed by atoms with Crippen LogP contribution in [0.15, 0.2) is 12.1 Å². The van der Waals surface area contributed by atoms with Gasteiger partial charge in [-0.1, -0.05) is 11.6 Å². The lowest BCUT2D eigenvalue weighted by atomic mass is 10.1. The van der Waals surface area contributed by atoms with Gasteiger partial charge in [-0.25, -0.2) is 4.98 Å². The molecular formula is C13H15ClN2O2. The van der Waals surface area contributed by atoms with Crippen molar-refractivity contribution in [3.63, 3.8) is 0 Å². The largest absolute Gasteiger partial charge is 0.494 e. The average molecular weight is 267 g/mol. The zero-order chi connectivity index (χ0) is 13.3. The van der Waals surface area contributed by atoms with Gasteiger partial charge in [-0.15, -0.1) is 0 Å². The Hall–Kier alpha value is -1.68. The first kappa shape index (κ1) is 12.8. The lowest BCUT2D eigenvalue weighted by Crippen LogP contribution is -1.98. The van der Waals surface area contributed by atoms with Crippen LogP contribution >= 0.6 is 11.6 Å². The fraction of sp³-hybridized carbons (Fsp3) is 0.308. The summed E-state index contributed by atoms with van der Waals surface area (Å²) in [6.07, 6.45) is 0. The molecule has 1 heterocycles. The summed E-state index contributed by atoms with van der Waals surface area (Å²) in [4.78, 5) is 4.50. The highest BCUT2D eigenvalue weighted by Crippen LogP contribution is 2.42. The normalized spacial score (nSPS) is 10.5. The van der Waals surface area contributed by atoms with Gasteiger partial charge in [0.15, 0.2) is 0 Å². The van der Waals surface area contributed by atoms with E-state index in [2.05, 4.69) is 10.3 Å². The third kappa shape index (κ3) is 1.93. The van der Waals surface area contributed by atoms with Crippen molar-refractivity contribution in [1.29, 1.82) is 0 Å². The van der Waals surface area contributed by atoms with Gasteiger partial charge in [-0.3, -0.25) is 0 Å². The Morgan fingerprint density at radius 1 is 1.22 bits per heavy atom. The van der Waals surface area contributed by atoms with Crippen molar-refractivity contribution < 1.29 is 9.47 Å². The van der Waals surface area contributed by atoms with Crippen molar-refractivity contribution in [1.82, 2.24) is 4.98 Å². The van der Waals surface area contributed by atoms with Crippen LogP contribution in [-0.2, 0) is 0 Å². The number of halogens is 1. The van der Waals surface area contributed by atoms with E-state index < -0.39 is 0 Å². The SMILES string of the molecule is CNc1cc(C)nc2c(OC)cc(Cl)c(OC)c12. The minimum Gasteiger partial charge on any atom is -0.494 e. The van der Waals surface area contributed by atoms with Crippen LogP contribution in [0.1, 0.15) is 5.69 Å². The van der Waals surface area contributed by atoms with E-state index in [1.807, 2.05) is 20.0 Å². The van der Waals surface area contributed by atoms with Crippen LogP contribution in [0.3, 0.4) is 0 Å². The van der Waals surface area contributed by atoms with E-state index in [0.29, 0.717) is 16.5 Å². The fourth-order valence-electron chi connectivity index (χ4n) is 2.00. The van der Waals surface area contributed by atoms with E-state index in [4.69, 9.17) is 21.1 Å². The number of methoxy groups -OCH3 is 2. The van der Waals surface area contributed by atoms with Gasteiger partial charge >= 0.3 is 0 Å². The van der Waals surface area contributed by atoms with Gasteiger partial charge in [0.25, 0.3) is 0 Å². The van der Waals surface area contributed by atoms with Crippen LogP contribution < -0.4 is 14.8 Å². The zero-order valence-electron chi connectivity index (χ0n) is 10.8. The minimum atomic E-state index is 0.504. The molecule has 0 aliphatic rings. The molecule has 5 heteroatoms. The van der Waals surface area contributed by atoms with E-state index in [1.54, 1.807) is 20.3 Å². The van der Waals surface area contributed by atoms with E-state index in [9.17, 15) is 0 Å². The molecule has 0 amide bonds. The number of hydrogen-bond acceptors (Lipinski definition) is 4. The van der Waals surface area contributed by atoms with Crippen LogP contribution in [0.4, 0.5) is 5.69 Å². The zero-order valence-corrected chi connectivity index (χ0v) is 11.6. The summed E-state index contributed by atoms with van der Waals surface area (Å²) in [5.74, 6) is 1.24. The number of benzene rings is 1.